The van der Waals surface area contributed by atoms with Crippen LogP contribution in [0.1, 0.15) is 18.1 Å². The number of carbonyl (C=O) groups excluding carboxylic acids is 1. The zero-order valence-corrected chi connectivity index (χ0v) is 12.2. The number of aliphatic imine (C=N–C) groups is 1. The van der Waals surface area contributed by atoms with Gasteiger partial charge in [-0.2, -0.15) is 0 Å². The van der Waals surface area contributed by atoms with Gasteiger partial charge in [-0.05, 0) is 29.7 Å². The van der Waals surface area contributed by atoms with E-state index in [2.05, 4.69) is 17.8 Å². The molecule has 3 heteroatoms. The third-order valence-corrected chi connectivity index (χ3v) is 3.09. The van der Waals surface area contributed by atoms with E-state index in [1.54, 1.807) is 0 Å². The van der Waals surface area contributed by atoms with Gasteiger partial charge in [-0.15, -0.1) is 0 Å². The molecule has 3 nitrogen and oxygen atoms in total. The molecule has 0 radical (unpaired) electrons. The Labute approximate surface area is 124 Å². The van der Waals surface area contributed by atoms with E-state index in [0.717, 1.165) is 17.7 Å². The molecule has 0 amide bonds. The maximum Gasteiger partial charge on any atom is 0.348 e. The second-order valence-electron chi connectivity index (χ2n) is 4.48. The number of ether oxygens (including phenoxy) is 1. The maximum absolute atomic E-state index is 11.9. The van der Waals surface area contributed by atoms with Crippen LogP contribution in [0.5, 0.6) is 0 Å². The maximum atomic E-state index is 11.9. The Morgan fingerprint density at radius 3 is 2.33 bits per heavy atom. The zero-order chi connectivity index (χ0) is 15.1. The van der Waals surface area contributed by atoms with Crippen molar-refractivity contribution in [2.75, 3.05) is 7.11 Å². The van der Waals surface area contributed by atoms with Gasteiger partial charge in [0.1, 0.15) is 5.57 Å². The number of carbonyl (C=O) groups is 1. The lowest BCUT2D eigenvalue weighted by Crippen LogP contribution is -2.04. The highest BCUT2D eigenvalue weighted by Crippen LogP contribution is 2.15. The van der Waals surface area contributed by atoms with Gasteiger partial charge in [0.25, 0.3) is 0 Å². The summed E-state index contributed by atoms with van der Waals surface area (Å²) in [4.78, 5) is 16.1. The van der Waals surface area contributed by atoms with Crippen LogP contribution < -0.4 is 0 Å². The van der Waals surface area contributed by atoms with E-state index in [4.69, 9.17) is 4.74 Å². The van der Waals surface area contributed by atoms with Crippen molar-refractivity contribution < 1.29 is 9.53 Å². The number of esters is 1. The van der Waals surface area contributed by atoms with E-state index < -0.39 is 5.97 Å². The van der Waals surface area contributed by atoms with E-state index in [1.807, 2.05) is 54.6 Å². The van der Waals surface area contributed by atoms with Crippen LogP contribution >= 0.6 is 0 Å². The predicted molar refractivity (Wildman–Crippen MR) is 84.8 cm³/mol. The number of aryl methyl sites for hydroxylation is 1. The average molecular weight is 279 g/mol. The molecule has 2 aromatic rings. The summed E-state index contributed by atoms with van der Waals surface area (Å²) < 4.78 is 4.79. The van der Waals surface area contributed by atoms with Gasteiger partial charge in [0.05, 0.1) is 12.8 Å². The minimum atomic E-state index is -0.449. The molecule has 0 aliphatic rings. The topological polar surface area (TPSA) is 38.7 Å². The summed E-state index contributed by atoms with van der Waals surface area (Å²) in [7, 11) is 1.35. The van der Waals surface area contributed by atoms with Gasteiger partial charge in [-0.25, -0.2) is 9.79 Å². The third-order valence-electron chi connectivity index (χ3n) is 3.09. The molecule has 0 heterocycles. The predicted octanol–water partition coefficient (Wildman–Crippen LogP) is 3.81. The van der Waals surface area contributed by atoms with Crippen LogP contribution in [0.4, 0.5) is 5.69 Å². The first-order valence-corrected chi connectivity index (χ1v) is 6.81. The van der Waals surface area contributed by atoms with Gasteiger partial charge in [-0.3, -0.25) is 0 Å². The van der Waals surface area contributed by atoms with Crippen molar-refractivity contribution >= 4 is 23.1 Å². The molecule has 0 unspecified atom stereocenters. The summed E-state index contributed by atoms with van der Waals surface area (Å²) in [5, 5.41) is 0. The van der Waals surface area contributed by atoms with Crippen molar-refractivity contribution in [3.63, 3.8) is 0 Å². The molecule has 0 aliphatic heterocycles. The molecule has 0 spiro atoms. The molecule has 2 aromatic carbocycles. The summed E-state index contributed by atoms with van der Waals surface area (Å²) in [5.74, 6) is 2.36. The molecule has 0 saturated carbocycles. The third kappa shape index (κ3) is 3.91. The highest BCUT2D eigenvalue weighted by molar-refractivity contribution is 6.26. The van der Waals surface area contributed by atoms with Crippen LogP contribution in [-0.2, 0) is 16.0 Å². The average Bonchev–Trinajstić information content (AvgIpc) is 2.56. The number of nitrogens with zero attached hydrogens (tertiary/aromatic N) is 1. The highest BCUT2D eigenvalue weighted by atomic mass is 16.5. The lowest BCUT2D eigenvalue weighted by atomic mass is 10.1. The van der Waals surface area contributed by atoms with Crippen LogP contribution in [0.3, 0.4) is 0 Å². The molecular weight excluding hydrogens is 262 g/mol. The van der Waals surface area contributed by atoms with E-state index in [1.165, 1.54) is 12.7 Å². The zero-order valence-electron chi connectivity index (χ0n) is 12.2. The quantitative estimate of drug-likeness (QED) is 0.485. The minimum absolute atomic E-state index is 0.317. The summed E-state index contributed by atoms with van der Waals surface area (Å²) in [6, 6.07) is 17.1. The smallest absolute Gasteiger partial charge is 0.348 e. The van der Waals surface area contributed by atoms with Crippen molar-refractivity contribution in [3.8, 4) is 0 Å². The number of hydrogen-bond acceptors (Lipinski definition) is 3. The molecule has 0 aromatic heterocycles. The van der Waals surface area contributed by atoms with Gasteiger partial charge in [-0.1, -0.05) is 49.4 Å². The Hall–Kier alpha value is -2.64. The van der Waals surface area contributed by atoms with Crippen molar-refractivity contribution in [2.45, 2.75) is 13.3 Å². The Kier molecular flexibility index (Phi) is 5.08. The molecular formula is C18H17NO2. The Balaban J connectivity index is 2.39. The first kappa shape index (κ1) is 14.8. The van der Waals surface area contributed by atoms with Crippen molar-refractivity contribution in [2.24, 2.45) is 4.99 Å². The number of methoxy groups -OCH3 is 1. The molecule has 0 saturated heterocycles. The fourth-order valence-electron chi connectivity index (χ4n) is 1.86. The van der Waals surface area contributed by atoms with Gasteiger partial charge in [0.15, 0.2) is 0 Å². The molecule has 0 atom stereocenters. The van der Waals surface area contributed by atoms with Crippen LogP contribution in [0, 0.1) is 0 Å². The minimum Gasteiger partial charge on any atom is -0.465 e. The Bertz CT molecular complexity index is 666. The standard InChI is InChI=1S/C18H17NO2/c1-3-14-9-11-16(12-10-14)19-13-17(18(20)21-2)15-7-5-4-6-8-15/h4-12H,3H2,1-2H3. The second-order valence-corrected chi connectivity index (χ2v) is 4.48. The number of rotatable bonds is 4. The fraction of sp³-hybridized carbons (Fsp3) is 0.167. The molecule has 21 heavy (non-hydrogen) atoms. The summed E-state index contributed by atoms with van der Waals surface area (Å²) in [6.45, 7) is 2.10. The SMILES string of the molecule is CCc1ccc(N=C=C(C(=O)OC)c2ccccc2)cc1. The second kappa shape index (κ2) is 7.22. The van der Waals surface area contributed by atoms with Gasteiger partial charge >= 0.3 is 5.97 Å². The fourth-order valence-corrected chi connectivity index (χ4v) is 1.86. The van der Waals surface area contributed by atoms with Crippen LogP contribution in [0.15, 0.2) is 59.6 Å². The summed E-state index contributed by atoms with van der Waals surface area (Å²) in [5.41, 5.74) is 3.05. The van der Waals surface area contributed by atoms with Crippen LogP contribution in [-0.4, -0.2) is 18.9 Å². The first-order valence-electron chi connectivity index (χ1n) is 6.81. The number of benzene rings is 2. The van der Waals surface area contributed by atoms with Crippen molar-refractivity contribution in [1.82, 2.24) is 0 Å². The van der Waals surface area contributed by atoms with E-state index >= 15 is 0 Å². The summed E-state index contributed by atoms with van der Waals surface area (Å²) >= 11 is 0. The normalized spacial score (nSPS) is 9.62. The largest absolute Gasteiger partial charge is 0.465 e. The molecule has 0 bridgehead atoms. The Morgan fingerprint density at radius 1 is 1.10 bits per heavy atom. The van der Waals surface area contributed by atoms with Crippen molar-refractivity contribution in [1.29, 1.82) is 0 Å². The van der Waals surface area contributed by atoms with Crippen LogP contribution in [0.25, 0.3) is 5.57 Å². The van der Waals surface area contributed by atoms with E-state index in [9.17, 15) is 4.79 Å². The molecule has 0 N–H and O–H groups in total. The lowest BCUT2D eigenvalue weighted by Gasteiger charge is -2.01. The first-order chi connectivity index (χ1) is 10.2. The molecule has 0 aliphatic carbocycles. The molecule has 2 rings (SSSR count). The van der Waals surface area contributed by atoms with Crippen LogP contribution in [0.2, 0.25) is 0 Å². The molecule has 106 valence electrons. The van der Waals surface area contributed by atoms with Crippen molar-refractivity contribution in [3.05, 3.63) is 65.7 Å². The number of hydrogen-bond donors (Lipinski definition) is 0. The lowest BCUT2D eigenvalue weighted by molar-refractivity contribution is -0.133. The summed E-state index contributed by atoms with van der Waals surface area (Å²) in [6.07, 6.45) is 0.983. The Morgan fingerprint density at radius 2 is 1.76 bits per heavy atom. The monoisotopic (exact) mass is 279 g/mol. The van der Waals surface area contributed by atoms with Gasteiger partial charge < -0.3 is 4.74 Å². The highest BCUT2D eigenvalue weighted by Gasteiger charge is 2.11. The van der Waals surface area contributed by atoms with Gasteiger partial charge in [0.2, 0.25) is 0 Å². The van der Waals surface area contributed by atoms with Gasteiger partial charge in [0, 0.05) is 5.87 Å². The molecule has 0 fully saturated rings. The van der Waals surface area contributed by atoms with E-state index in [0.29, 0.717) is 5.57 Å². The van der Waals surface area contributed by atoms with E-state index in [-0.39, 0.29) is 0 Å².